The first-order valence-corrected chi connectivity index (χ1v) is 3.72. The number of nitrogens with zero attached hydrogens (tertiary/aromatic N) is 1. The average molecular weight is 178 g/mol. The van der Waals surface area contributed by atoms with Crippen LogP contribution in [0, 0.1) is 5.41 Å². The molecule has 5 nitrogen and oxygen atoms in total. The molecule has 0 bridgehead atoms. The van der Waals surface area contributed by atoms with Crippen LogP contribution in [0.3, 0.4) is 0 Å². The van der Waals surface area contributed by atoms with Gasteiger partial charge in [0.1, 0.15) is 0 Å². The lowest BCUT2D eigenvalue weighted by Gasteiger charge is -2.02. The maximum Gasteiger partial charge on any atom is 0.209 e. The van der Waals surface area contributed by atoms with Gasteiger partial charge >= 0.3 is 0 Å². The number of carbonyl (C=O) groups is 1. The Kier molecular flexibility index (Phi) is 2.97. The average Bonchev–Trinajstić information content (AvgIpc) is 2.16. The van der Waals surface area contributed by atoms with E-state index in [1.54, 1.807) is 19.2 Å². The van der Waals surface area contributed by atoms with Crippen LogP contribution in [0.15, 0.2) is 29.4 Å². The zero-order chi connectivity index (χ0) is 9.68. The van der Waals surface area contributed by atoms with Crippen LogP contribution in [0.5, 0.6) is 0 Å². The third kappa shape index (κ3) is 2.90. The molecule has 0 fully saturated rings. The molecule has 1 rings (SSSR count). The van der Waals surface area contributed by atoms with Gasteiger partial charge in [-0.15, -0.1) is 0 Å². The van der Waals surface area contributed by atoms with Gasteiger partial charge in [0.15, 0.2) is 5.78 Å². The summed E-state index contributed by atoms with van der Waals surface area (Å²) in [6.45, 7) is 0. The molecule has 68 valence electrons. The Morgan fingerprint density at radius 1 is 1.38 bits per heavy atom. The Hall–Kier alpha value is -1.91. The highest BCUT2D eigenvalue weighted by atomic mass is 16.1. The standard InChI is InChI=1S/C8H10N4O/c1-10-8(9)12-11-6-2-4-7(13)5-3-6/h2-5H,1H3,(H3,9,10,12). The van der Waals surface area contributed by atoms with Crippen LogP contribution < -0.4 is 10.7 Å². The van der Waals surface area contributed by atoms with E-state index in [9.17, 15) is 4.79 Å². The van der Waals surface area contributed by atoms with E-state index in [0.29, 0.717) is 5.71 Å². The molecule has 0 saturated carbocycles. The monoisotopic (exact) mass is 178 g/mol. The van der Waals surface area contributed by atoms with Crippen LogP contribution in [-0.2, 0) is 4.79 Å². The van der Waals surface area contributed by atoms with Crippen molar-refractivity contribution >= 4 is 17.5 Å². The Balaban J connectivity index is 2.54. The second-order valence-corrected chi connectivity index (χ2v) is 2.34. The molecule has 0 aromatic heterocycles. The summed E-state index contributed by atoms with van der Waals surface area (Å²) in [5.74, 6) is 0.0499. The number of hydrogen-bond acceptors (Lipinski definition) is 3. The highest BCUT2D eigenvalue weighted by Gasteiger charge is 1.98. The van der Waals surface area contributed by atoms with Crippen molar-refractivity contribution in [3.05, 3.63) is 24.3 Å². The van der Waals surface area contributed by atoms with Gasteiger partial charge < -0.3 is 5.32 Å². The fourth-order valence-electron chi connectivity index (χ4n) is 0.697. The highest BCUT2D eigenvalue weighted by Crippen LogP contribution is 1.93. The summed E-state index contributed by atoms with van der Waals surface area (Å²) in [4.78, 5) is 10.7. The van der Waals surface area contributed by atoms with Crippen molar-refractivity contribution in [2.75, 3.05) is 7.05 Å². The Morgan fingerprint density at radius 2 is 2.00 bits per heavy atom. The predicted octanol–water partition coefficient (Wildman–Crippen LogP) is -0.219. The minimum Gasteiger partial charge on any atom is -0.358 e. The fourth-order valence-corrected chi connectivity index (χ4v) is 0.697. The van der Waals surface area contributed by atoms with Crippen LogP contribution >= 0.6 is 0 Å². The minimum atomic E-state index is -0.0531. The Morgan fingerprint density at radius 3 is 2.54 bits per heavy atom. The lowest BCUT2D eigenvalue weighted by molar-refractivity contribution is -0.110. The lowest BCUT2D eigenvalue weighted by Crippen LogP contribution is -2.30. The number of hydrogen-bond donors (Lipinski definition) is 3. The first-order valence-electron chi connectivity index (χ1n) is 3.72. The normalized spacial score (nSPS) is 14.2. The molecule has 0 heterocycles. The number of rotatable bonds is 1. The molecule has 0 saturated heterocycles. The summed E-state index contributed by atoms with van der Waals surface area (Å²) in [7, 11) is 1.62. The van der Waals surface area contributed by atoms with Crippen LogP contribution in [0.1, 0.15) is 0 Å². The summed E-state index contributed by atoms with van der Waals surface area (Å²) < 4.78 is 0. The van der Waals surface area contributed by atoms with Crippen molar-refractivity contribution in [2.24, 2.45) is 5.10 Å². The predicted molar refractivity (Wildman–Crippen MR) is 50.6 cm³/mol. The molecule has 0 aliphatic heterocycles. The van der Waals surface area contributed by atoms with Crippen LogP contribution in [-0.4, -0.2) is 24.5 Å². The minimum absolute atomic E-state index is 0.0531. The molecule has 0 amide bonds. The molecule has 13 heavy (non-hydrogen) atoms. The molecule has 0 radical (unpaired) electrons. The first kappa shape index (κ1) is 9.18. The van der Waals surface area contributed by atoms with E-state index in [1.165, 1.54) is 12.2 Å². The quantitative estimate of drug-likeness (QED) is 0.225. The van der Waals surface area contributed by atoms with E-state index in [0.717, 1.165) is 0 Å². The number of allylic oxidation sites excluding steroid dienone is 4. The van der Waals surface area contributed by atoms with Gasteiger partial charge in [-0.25, -0.2) is 5.43 Å². The van der Waals surface area contributed by atoms with Crippen molar-refractivity contribution in [1.82, 2.24) is 10.7 Å². The van der Waals surface area contributed by atoms with Gasteiger partial charge in [0.2, 0.25) is 5.96 Å². The Bertz CT molecular complexity index is 296. The van der Waals surface area contributed by atoms with Crippen LogP contribution in [0.4, 0.5) is 0 Å². The van der Waals surface area contributed by atoms with Gasteiger partial charge in [0.25, 0.3) is 0 Å². The summed E-state index contributed by atoms with van der Waals surface area (Å²) >= 11 is 0. The second-order valence-electron chi connectivity index (χ2n) is 2.34. The van der Waals surface area contributed by atoms with Crippen molar-refractivity contribution in [2.45, 2.75) is 0 Å². The summed E-state index contributed by atoms with van der Waals surface area (Å²) in [5.41, 5.74) is 3.07. The smallest absolute Gasteiger partial charge is 0.209 e. The number of ketones is 1. The molecule has 0 atom stereocenters. The van der Waals surface area contributed by atoms with Crippen LogP contribution in [0.2, 0.25) is 0 Å². The lowest BCUT2D eigenvalue weighted by atomic mass is 10.2. The van der Waals surface area contributed by atoms with Crippen molar-refractivity contribution in [1.29, 1.82) is 5.41 Å². The molecular formula is C8H10N4O. The van der Waals surface area contributed by atoms with Crippen LogP contribution in [0.25, 0.3) is 0 Å². The SMILES string of the molecule is CNC(=N)NN=C1C=CC(=O)C=C1. The van der Waals surface area contributed by atoms with Crippen molar-refractivity contribution in [3.63, 3.8) is 0 Å². The Labute approximate surface area is 75.7 Å². The topological polar surface area (TPSA) is 77.3 Å². The molecule has 0 unspecified atom stereocenters. The van der Waals surface area contributed by atoms with Gasteiger partial charge in [0, 0.05) is 7.05 Å². The van der Waals surface area contributed by atoms with Gasteiger partial charge in [0.05, 0.1) is 5.71 Å². The van der Waals surface area contributed by atoms with Gasteiger partial charge in [-0.05, 0) is 24.3 Å². The van der Waals surface area contributed by atoms with Crippen molar-refractivity contribution < 1.29 is 4.79 Å². The molecule has 1 aliphatic rings. The summed E-state index contributed by atoms with van der Waals surface area (Å²) in [6, 6.07) is 0. The van der Waals surface area contributed by atoms with E-state index >= 15 is 0 Å². The molecule has 0 aromatic rings. The largest absolute Gasteiger partial charge is 0.358 e. The van der Waals surface area contributed by atoms with E-state index < -0.39 is 0 Å². The molecule has 0 spiro atoms. The fraction of sp³-hybridized carbons (Fsp3) is 0.125. The zero-order valence-corrected chi connectivity index (χ0v) is 7.16. The zero-order valence-electron chi connectivity index (χ0n) is 7.16. The van der Waals surface area contributed by atoms with E-state index in [4.69, 9.17) is 5.41 Å². The molecular weight excluding hydrogens is 168 g/mol. The third-order valence-corrected chi connectivity index (χ3v) is 1.38. The summed E-state index contributed by atoms with van der Waals surface area (Å²) in [6.07, 6.45) is 6.00. The van der Waals surface area contributed by atoms with Gasteiger partial charge in [-0.3, -0.25) is 10.2 Å². The maximum absolute atomic E-state index is 10.7. The highest BCUT2D eigenvalue weighted by molar-refractivity contribution is 6.16. The van der Waals surface area contributed by atoms with Gasteiger partial charge in [-0.1, -0.05) is 0 Å². The molecule has 1 aliphatic carbocycles. The molecule has 0 aromatic carbocycles. The molecule has 5 heteroatoms. The number of guanidine groups is 1. The van der Waals surface area contributed by atoms with Crippen molar-refractivity contribution in [3.8, 4) is 0 Å². The van der Waals surface area contributed by atoms with Gasteiger partial charge in [-0.2, -0.15) is 5.10 Å². The number of carbonyl (C=O) groups excluding carboxylic acids is 1. The third-order valence-electron chi connectivity index (χ3n) is 1.38. The van der Waals surface area contributed by atoms with E-state index in [-0.39, 0.29) is 11.7 Å². The molecule has 3 N–H and O–H groups in total. The number of hydrazone groups is 1. The second kappa shape index (κ2) is 4.20. The number of nitrogens with one attached hydrogen (secondary N) is 3. The van der Waals surface area contributed by atoms with E-state index in [1.807, 2.05) is 0 Å². The summed E-state index contributed by atoms with van der Waals surface area (Å²) in [5, 5.41) is 13.6. The maximum atomic E-state index is 10.7. The first-order chi connectivity index (χ1) is 6.22. The van der Waals surface area contributed by atoms with E-state index in [2.05, 4.69) is 15.8 Å².